The lowest BCUT2D eigenvalue weighted by Crippen LogP contribution is -2.35. The maximum Gasteiger partial charge on any atom is 0.331 e. The molecule has 1 fully saturated rings. The van der Waals surface area contributed by atoms with Crippen LogP contribution >= 0.6 is 0 Å². The van der Waals surface area contributed by atoms with Crippen LogP contribution in [0.25, 0.3) is 6.08 Å². The molecule has 0 aliphatic heterocycles. The van der Waals surface area contributed by atoms with Crippen LogP contribution in [0.4, 0.5) is 0 Å². The Hall–Kier alpha value is -2.50. The van der Waals surface area contributed by atoms with Crippen molar-refractivity contribution < 1.29 is 23.8 Å². The van der Waals surface area contributed by atoms with Crippen LogP contribution in [0, 0.1) is 0 Å². The summed E-state index contributed by atoms with van der Waals surface area (Å²) >= 11 is 0. The highest BCUT2D eigenvalue weighted by Gasteiger charge is 2.17. The Morgan fingerprint density at radius 1 is 1.24 bits per heavy atom. The molecule has 0 aromatic heterocycles. The molecule has 2 rings (SSSR count). The molecule has 0 radical (unpaired) electrons. The molecule has 0 atom stereocenters. The Kier molecular flexibility index (Phi) is 7.32. The van der Waals surface area contributed by atoms with Crippen molar-refractivity contribution in [2.45, 2.75) is 38.6 Å². The van der Waals surface area contributed by atoms with E-state index >= 15 is 0 Å². The van der Waals surface area contributed by atoms with Crippen LogP contribution in [0.1, 0.15) is 38.2 Å². The van der Waals surface area contributed by atoms with Crippen molar-refractivity contribution in [1.29, 1.82) is 0 Å². The van der Waals surface area contributed by atoms with Crippen molar-refractivity contribution in [2.75, 3.05) is 20.3 Å². The van der Waals surface area contributed by atoms with E-state index in [2.05, 4.69) is 5.32 Å². The number of benzene rings is 1. The number of carbonyl (C=O) groups excluding carboxylic acids is 2. The van der Waals surface area contributed by atoms with Gasteiger partial charge in [0, 0.05) is 12.1 Å². The molecule has 0 bridgehead atoms. The van der Waals surface area contributed by atoms with Crippen LogP contribution in [0.15, 0.2) is 24.3 Å². The van der Waals surface area contributed by atoms with E-state index in [-0.39, 0.29) is 18.6 Å². The van der Waals surface area contributed by atoms with Gasteiger partial charge < -0.3 is 19.5 Å². The molecule has 1 aromatic rings. The van der Waals surface area contributed by atoms with Crippen molar-refractivity contribution in [1.82, 2.24) is 5.32 Å². The molecule has 0 saturated heterocycles. The Morgan fingerprint density at radius 3 is 2.68 bits per heavy atom. The molecule has 1 amide bonds. The Bertz CT molecular complexity index is 620. The van der Waals surface area contributed by atoms with Crippen LogP contribution < -0.4 is 14.8 Å². The average Bonchev–Trinajstić information content (AvgIpc) is 3.11. The second-order valence-electron chi connectivity index (χ2n) is 5.83. The summed E-state index contributed by atoms with van der Waals surface area (Å²) < 4.78 is 15.7. The Morgan fingerprint density at radius 2 is 2.00 bits per heavy atom. The molecule has 136 valence electrons. The van der Waals surface area contributed by atoms with Gasteiger partial charge in [0.25, 0.3) is 5.91 Å². The van der Waals surface area contributed by atoms with Gasteiger partial charge in [-0.05, 0) is 43.5 Å². The van der Waals surface area contributed by atoms with Crippen LogP contribution in [-0.2, 0) is 14.3 Å². The summed E-state index contributed by atoms with van der Waals surface area (Å²) in [4.78, 5) is 23.5. The van der Waals surface area contributed by atoms with Gasteiger partial charge in [-0.25, -0.2) is 4.79 Å². The number of esters is 1. The van der Waals surface area contributed by atoms with E-state index in [4.69, 9.17) is 14.2 Å². The fraction of sp³-hybridized carbons (Fsp3) is 0.474. The lowest BCUT2D eigenvalue weighted by molar-refractivity contribution is -0.144. The van der Waals surface area contributed by atoms with Gasteiger partial charge in [-0.2, -0.15) is 0 Å². The molecule has 0 heterocycles. The summed E-state index contributed by atoms with van der Waals surface area (Å²) in [5.74, 6) is 0.425. The molecule has 6 heteroatoms. The van der Waals surface area contributed by atoms with E-state index < -0.39 is 5.97 Å². The standard InChI is InChI=1S/C19H25NO5/c1-3-24-17-12-14(8-10-16(17)23-2)9-11-19(22)25-13-18(21)20-15-6-4-5-7-15/h8-12,15H,3-7,13H2,1-2H3,(H,20,21)/b11-9+. The van der Waals surface area contributed by atoms with E-state index in [1.807, 2.05) is 6.92 Å². The maximum absolute atomic E-state index is 11.7. The topological polar surface area (TPSA) is 73.9 Å². The minimum Gasteiger partial charge on any atom is -0.493 e. The summed E-state index contributed by atoms with van der Waals surface area (Å²) in [6.07, 6.45) is 7.18. The first-order valence-electron chi connectivity index (χ1n) is 8.57. The number of hydrogen-bond donors (Lipinski definition) is 1. The second kappa shape index (κ2) is 9.71. The normalized spacial score (nSPS) is 14.5. The number of methoxy groups -OCH3 is 1. The van der Waals surface area contributed by atoms with Gasteiger partial charge in [-0.1, -0.05) is 18.9 Å². The van der Waals surface area contributed by atoms with Crippen LogP contribution in [0.2, 0.25) is 0 Å². The molecular weight excluding hydrogens is 322 g/mol. The lowest BCUT2D eigenvalue weighted by Gasteiger charge is -2.11. The zero-order chi connectivity index (χ0) is 18.1. The summed E-state index contributed by atoms with van der Waals surface area (Å²) in [6, 6.07) is 5.57. The third-order valence-electron chi connectivity index (χ3n) is 3.97. The van der Waals surface area contributed by atoms with Gasteiger partial charge in [-0.15, -0.1) is 0 Å². The zero-order valence-electron chi connectivity index (χ0n) is 14.7. The number of ether oxygens (including phenoxy) is 3. The van der Waals surface area contributed by atoms with E-state index in [0.717, 1.165) is 31.2 Å². The highest BCUT2D eigenvalue weighted by Crippen LogP contribution is 2.28. The average molecular weight is 347 g/mol. The third-order valence-corrected chi connectivity index (χ3v) is 3.97. The van der Waals surface area contributed by atoms with Crippen molar-refractivity contribution >= 4 is 18.0 Å². The fourth-order valence-corrected chi connectivity index (χ4v) is 2.75. The lowest BCUT2D eigenvalue weighted by atomic mass is 10.2. The zero-order valence-corrected chi connectivity index (χ0v) is 14.7. The largest absolute Gasteiger partial charge is 0.493 e. The second-order valence-corrected chi connectivity index (χ2v) is 5.83. The van der Waals surface area contributed by atoms with Gasteiger partial charge in [0.15, 0.2) is 18.1 Å². The van der Waals surface area contributed by atoms with E-state index in [0.29, 0.717) is 18.1 Å². The highest BCUT2D eigenvalue weighted by molar-refractivity contribution is 5.89. The fourth-order valence-electron chi connectivity index (χ4n) is 2.75. The van der Waals surface area contributed by atoms with Crippen molar-refractivity contribution in [2.24, 2.45) is 0 Å². The number of nitrogens with one attached hydrogen (secondary N) is 1. The van der Waals surface area contributed by atoms with E-state index in [1.165, 1.54) is 6.08 Å². The van der Waals surface area contributed by atoms with Gasteiger partial charge in [0.05, 0.1) is 13.7 Å². The Labute approximate surface area is 148 Å². The number of carbonyl (C=O) groups is 2. The van der Waals surface area contributed by atoms with Gasteiger partial charge in [0.1, 0.15) is 0 Å². The van der Waals surface area contributed by atoms with Crippen LogP contribution in [-0.4, -0.2) is 38.2 Å². The number of amides is 1. The first-order valence-corrected chi connectivity index (χ1v) is 8.57. The van der Waals surface area contributed by atoms with Crippen LogP contribution in [0.5, 0.6) is 11.5 Å². The first-order chi connectivity index (χ1) is 12.1. The van der Waals surface area contributed by atoms with Gasteiger partial charge in [0.2, 0.25) is 0 Å². The van der Waals surface area contributed by atoms with E-state index in [9.17, 15) is 9.59 Å². The molecular formula is C19H25NO5. The summed E-state index contributed by atoms with van der Waals surface area (Å²) in [5, 5.41) is 2.87. The molecule has 6 nitrogen and oxygen atoms in total. The van der Waals surface area contributed by atoms with Crippen molar-refractivity contribution in [3.63, 3.8) is 0 Å². The predicted molar refractivity (Wildman–Crippen MR) is 94.6 cm³/mol. The summed E-state index contributed by atoms with van der Waals surface area (Å²) in [5.41, 5.74) is 0.775. The molecule has 1 aromatic carbocycles. The van der Waals surface area contributed by atoms with E-state index in [1.54, 1.807) is 31.4 Å². The summed E-state index contributed by atoms with van der Waals surface area (Å²) in [7, 11) is 1.57. The molecule has 0 unspecified atom stereocenters. The van der Waals surface area contributed by atoms with Crippen molar-refractivity contribution in [3.8, 4) is 11.5 Å². The van der Waals surface area contributed by atoms with Crippen LogP contribution in [0.3, 0.4) is 0 Å². The monoisotopic (exact) mass is 347 g/mol. The SMILES string of the molecule is CCOc1cc(/C=C/C(=O)OCC(=O)NC2CCCC2)ccc1OC. The van der Waals surface area contributed by atoms with Crippen molar-refractivity contribution in [3.05, 3.63) is 29.8 Å². The molecule has 0 spiro atoms. The minimum atomic E-state index is -0.560. The van der Waals surface area contributed by atoms with Gasteiger partial charge >= 0.3 is 5.97 Å². The number of rotatable bonds is 8. The predicted octanol–water partition coefficient (Wildman–Crippen LogP) is 2.71. The maximum atomic E-state index is 11.7. The molecule has 1 aliphatic carbocycles. The summed E-state index contributed by atoms with van der Waals surface area (Å²) in [6.45, 7) is 2.14. The molecule has 1 aliphatic rings. The first kappa shape index (κ1) is 18.8. The quantitative estimate of drug-likeness (QED) is 0.578. The number of hydrogen-bond acceptors (Lipinski definition) is 5. The Balaban J connectivity index is 1.82. The molecule has 1 N–H and O–H groups in total. The molecule has 25 heavy (non-hydrogen) atoms. The molecule has 1 saturated carbocycles. The highest BCUT2D eigenvalue weighted by atomic mass is 16.5. The van der Waals surface area contributed by atoms with Gasteiger partial charge in [-0.3, -0.25) is 4.79 Å². The third kappa shape index (κ3) is 6.14. The smallest absolute Gasteiger partial charge is 0.331 e. The minimum absolute atomic E-state index is 0.220.